The van der Waals surface area contributed by atoms with Gasteiger partial charge in [0.25, 0.3) is 11.8 Å². The number of fused-ring (bicyclic) bond motifs is 1. The first-order chi connectivity index (χ1) is 9.15. The smallest absolute Gasteiger partial charge is 0.261 e. The van der Waals surface area contributed by atoms with Gasteiger partial charge >= 0.3 is 0 Å². The highest BCUT2D eigenvalue weighted by atomic mass is 16.2. The largest absolute Gasteiger partial charge is 0.353 e. The van der Waals surface area contributed by atoms with E-state index >= 15 is 0 Å². The van der Waals surface area contributed by atoms with Gasteiger partial charge in [0.1, 0.15) is 0 Å². The van der Waals surface area contributed by atoms with Crippen molar-refractivity contribution in [1.82, 2.24) is 15.5 Å². The molecule has 0 fully saturated rings. The Kier molecular flexibility index (Phi) is 3.91. The maximum absolute atomic E-state index is 12.0. The molecule has 2 rings (SSSR count). The lowest BCUT2D eigenvalue weighted by Crippen LogP contribution is -2.40. The van der Waals surface area contributed by atoms with E-state index in [2.05, 4.69) is 10.6 Å². The number of amides is 3. The first kappa shape index (κ1) is 13.2. The number of carbonyl (C=O) groups is 3. The predicted molar refractivity (Wildman–Crippen MR) is 68.7 cm³/mol. The quantitative estimate of drug-likeness (QED) is 0.708. The molecule has 2 N–H and O–H groups in total. The molecule has 100 valence electrons. The number of hydrogen-bond acceptors (Lipinski definition) is 4. The monoisotopic (exact) mass is 261 g/mol. The molecule has 0 unspecified atom stereocenters. The topological polar surface area (TPSA) is 78.5 Å². The van der Waals surface area contributed by atoms with Crippen LogP contribution in [0.25, 0.3) is 0 Å². The van der Waals surface area contributed by atoms with Crippen molar-refractivity contribution >= 4 is 17.7 Å². The molecule has 1 aliphatic rings. The van der Waals surface area contributed by atoms with Gasteiger partial charge in [-0.05, 0) is 19.2 Å². The van der Waals surface area contributed by atoms with Crippen LogP contribution in [0.4, 0.5) is 0 Å². The summed E-state index contributed by atoms with van der Waals surface area (Å²) in [6.07, 6.45) is 0. The molecule has 0 bridgehead atoms. The zero-order chi connectivity index (χ0) is 13.8. The molecule has 0 spiro atoms. The Balaban J connectivity index is 1.95. The van der Waals surface area contributed by atoms with Crippen LogP contribution in [0.3, 0.4) is 0 Å². The average Bonchev–Trinajstić information content (AvgIpc) is 2.65. The van der Waals surface area contributed by atoms with E-state index in [0.717, 1.165) is 4.90 Å². The van der Waals surface area contributed by atoms with Crippen LogP contribution < -0.4 is 10.6 Å². The second-order valence-electron chi connectivity index (χ2n) is 4.19. The summed E-state index contributed by atoms with van der Waals surface area (Å²) >= 11 is 0. The van der Waals surface area contributed by atoms with Crippen molar-refractivity contribution in [2.45, 2.75) is 0 Å². The molecule has 1 aromatic rings. The van der Waals surface area contributed by atoms with Crippen LogP contribution >= 0.6 is 0 Å². The Morgan fingerprint density at radius 3 is 2.26 bits per heavy atom. The number of hydrogen-bond donors (Lipinski definition) is 2. The zero-order valence-electron chi connectivity index (χ0n) is 10.6. The summed E-state index contributed by atoms with van der Waals surface area (Å²) in [4.78, 5) is 36.4. The first-order valence-corrected chi connectivity index (χ1v) is 6.01. The molecule has 0 saturated carbocycles. The Morgan fingerprint density at radius 1 is 1.16 bits per heavy atom. The van der Waals surface area contributed by atoms with Crippen molar-refractivity contribution in [3.8, 4) is 0 Å². The molecule has 19 heavy (non-hydrogen) atoms. The molecule has 0 saturated heterocycles. The summed E-state index contributed by atoms with van der Waals surface area (Å²) in [7, 11) is 1.67. The fourth-order valence-electron chi connectivity index (χ4n) is 1.97. The van der Waals surface area contributed by atoms with Gasteiger partial charge in [-0.25, -0.2) is 0 Å². The Bertz CT molecular complexity index is 493. The molecule has 1 aliphatic heterocycles. The summed E-state index contributed by atoms with van der Waals surface area (Å²) in [5.41, 5.74) is 0.850. The fourth-order valence-corrected chi connectivity index (χ4v) is 1.97. The molecule has 3 amide bonds. The van der Waals surface area contributed by atoms with Crippen molar-refractivity contribution in [2.75, 3.05) is 26.7 Å². The lowest BCUT2D eigenvalue weighted by atomic mass is 10.1. The van der Waals surface area contributed by atoms with E-state index in [4.69, 9.17) is 0 Å². The van der Waals surface area contributed by atoms with E-state index in [0.29, 0.717) is 11.1 Å². The lowest BCUT2D eigenvalue weighted by Gasteiger charge is -2.14. The van der Waals surface area contributed by atoms with Crippen LogP contribution in [-0.2, 0) is 4.79 Å². The molecule has 1 heterocycles. The summed E-state index contributed by atoms with van der Waals surface area (Å²) in [5.74, 6) is -0.772. The summed E-state index contributed by atoms with van der Waals surface area (Å²) in [5, 5.41) is 5.35. The second kappa shape index (κ2) is 5.62. The molecular weight excluding hydrogens is 246 g/mol. The van der Waals surface area contributed by atoms with Gasteiger partial charge in [-0.2, -0.15) is 0 Å². The SMILES string of the molecule is CNCC(=O)NCCN1C(=O)c2ccccc2C1=O. The third-order valence-corrected chi connectivity index (χ3v) is 2.87. The van der Waals surface area contributed by atoms with Crippen LogP contribution in [0.1, 0.15) is 20.7 Å². The standard InChI is InChI=1S/C13H15N3O3/c1-14-8-11(17)15-6-7-16-12(18)9-4-2-3-5-10(9)13(16)19/h2-5,14H,6-8H2,1H3,(H,15,17). The van der Waals surface area contributed by atoms with Gasteiger partial charge in [-0.3, -0.25) is 19.3 Å². The van der Waals surface area contributed by atoms with Gasteiger partial charge in [0, 0.05) is 13.1 Å². The average molecular weight is 261 g/mol. The molecule has 0 radical (unpaired) electrons. The highest BCUT2D eigenvalue weighted by Crippen LogP contribution is 2.21. The molecule has 6 heteroatoms. The first-order valence-electron chi connectivity index (χ1n) is 6.01. The maximum Gasteiger partial charge on any atom is 0.261 e. The fraction of sp³-hybridized carbons (Fsp3) is 0.308. The van der Waals surface area contributed by atoms with Crippen molar-refractivity contribution in [1.29, 1.82) is 0 Å². The normalized spacial score (nSPS) is 13.6. The number of benzene rings is 1. The predicted octanol–water partition coefficient (Wildman–Crippen LogP) is -0.382. The van der Waals surface area contributed by atoms with Crippen LogP contribution in [-0.4, -0.2) is 49.3 Å². The van der Waals surface area contributed by atoms with E-state index in [1.54, 1.807) is 31.3 Å². The van der Waals surface area contributed by atoms with Crippen LogP contribution in [0.5, 0.6) is 0 Å². The van der Waals surface area contributed by atoms with E-state index in [-0.39, 0.29) is 37.4 Å². The third kappa shape index (κ3) is 2.63. The maximum atomic E-state index is 12.0. The Morgan fingerprint density at radius 2 is 1.74 bits per heavy atom. The minimum Gasteiger partial charge on any atom is -0.353 e. The van der Waals surface area contributed by atoms with Gasteiger partial charge in [-0.1, -0.05) is 12.1 Å². The van der Waals surface area contributed by atoms with Crippen LogP contribution in [0, 0.1) is 0 Å². The molecule has 6 nitrogen and oxygen atoms in total. The van der Waals surface area contributed by atoms with E-state index in [9.17, 15) is 14.4 Å². The van der Waals surface area contributed by atoms with Crippen molar-refractivity contribution in [3.05, 3.63) is 35.4 Å². The molecule has 0 aromatic heterocycles. The third-order valence-electron chi connectivity index (χ3n) is 2.87. The van der Waals surface area contributed by atoms with Crippen molar-refractivity contribution in [2.24, 2.45) is 0 Å². The number of likely N-dealkylation sites (N-methyl/N-ethyl adjacent to an activating group) is 1. The number of rotatable bonds is 5. The lowest BCUT2D eigenvalue weighted by molar-refractivity contribution is -0.120. The van der Waals surface area contributed by atoms with E-state index in [1.165, 1.54) is 0 Å². The highest BCUT2D eigenvalue weighted by Gasteiger charge is 2.34. The molecule has 1 aromatic carbocycles. The summed E-state index contributed by atoms with van der Waals surface area (Å²) < 4.78 is 0. The number of nitrogens with zero attached hydrogens (tertiary/aromatic N) is 1. The van der Waals surface area contributed by atoms with Crippen molar-refractivity contribution in [3.63, 3.8) is 0 Å². The van der Waals surface area contributed by atoms with Gasteiger partial charge < -0.3 is 10.6 Å². The molecule has 0 atom stereocenters. The number of carbonyl (C=O) groups excluding carboxylic acids is 3. The Hall–Kier alpha value is -2.21. The Labute approximate surface area is 110 Å². The second-order valence-corrected chi connectivity index (χ2v) is 4.19. The zero-order valence-corrected chi connectivity index (χ0v) is 10.6. The van der Waals surface area contributed by atoms with E-state index < -0.39 is 0 Å². The molecule has 0 aliphatic carbocycles. The minimum atomic E-state index is -0.302. The number of imide groups is 1. The molecular formula is C13H15N3O3. The minimum absolute atomic E-state index is 0.167. The van der Waals surface area contributed by atoms with Gasteiger partial charge in [0.15, 0.2) is 0 Å². The van der Waals surface area contributed by atoms with Gasteiger partial charge in [0.05, 0.1) is 17.7 Å². The van der Waals surface area contributed by atoms with Crippen molar-refractivity contribution < 1.29 is 14.4 Å². The van der Waals surface area contributed by atoms with Crippen LogP contribution in [0.2, 0.25) is 0 Å². The van der Waals surface area contributed by atoms with E-state index in [1.807, 2.05) is 0 Å². The van der Waals surface area contributed by atoms with Gasteiger partial charge in [0.2, 0.25) is 5.91 Å². The van der Waals surface area contributed by atoms with Crippen LogP contribution in [0.15, 0.2) is 24.3 Å². The summed E-state index contributed by atoms with van der Waals surface area (Å²) in [6.45, 7) is 0.649. The van der Waals surface area contributed by atoms with Gasteiger partial charge in [-0.15, -0.1) is 0 Å². The summed E-state index contributed by atoms with van der Waals surface area (Å²) in [6, 6.07) is 6.72. The highest BCUT2D eigenvalue weighted by molar-refractivity contribution is 6.21. The number of nitrogens with one attached hydrogen (secondary N) is 2.